The van der Waals surface area contributed by atoms with Crippen LogP contribution < -0.4 is 0 Å². The van der Waals surface area contributed by atoms with Crippen molar-refractivity contribution in [2.45, 2.75) is 32.0 Å². The fourth-order valence-corrected chi connectivity index (χ4v) is 3.96. The fraction of sp³-hybridized carbons (Fsp3) is 0.588. The second kappa shape index (κ2) is 8.59. The number of piperazine rings is 1. The lowest BCUT2D eigenvalue weighted by atomic mass is 10.1. The number of thiophene rings is 1. The molecule has 0 spiro atoms. The highest BCUT2D eigenvalue weighted by molar-refractivity contribution is 7.07. The summed E-state index contributed by atoms with van der Waals surface area (Å²) in [6.45, 7) is 6.62. The Labute approximate surface area is 142 Å². The molecular weight excluding hydrogens is 308 g/mol. The fourth-order valence-electron chi connectivity index (χ4n) is 3.30. The Morgan fingerprint density at radius 3 is 3.00 bits per heavy atom. The SMILES string of the molecule is OCC[C@@H]1CN(CCCn2cccn2)CCN1Cc1ccsc1. The summed E-state index contributed by atoms with van der Waals surface area (Å²) in [4.78, 5) is 5.07. The van der Waals surface area contributed by atoms with E-state index in [0.717, 1.165) is 52.1 Å². The molecule has 6 heteroatoms. The summed E-state index contributed by atoms with van der Waals surface area (Å²) in [5.74, 6) is 0. The second-order valence-corrected chi connectivity index (χ2v) is 6.97. The summed E-state index contributed by atoms with van der Waals surface area (Å²) >= 11 is 1.76. The third-order valence-corrected chi connectivity index (χ3v) is 5.27. The molecule has 0 saturated carbocycles. The Bertz CT molecular complexity index is 543. The normalized spacial score (nSPS) is 20.1. The van der Waals surface area contributed by atoms with Gasteiger partial charge in [-0.25, -0.2) is 0 Å². The van der Waals surface area contributed by atoms with E-state index in [1.165, 1.54) is 5.56 Å². The molecule has 0 bridgehead atoms. The lowest BCUT2D eigenvalue weighted by molar-refractivity contribution is 0.0526. The molecule has 1 atom stereocenters. The molecule has 0 unspecified atom stereocenters. The zero-order valence-electron chi connectivity index (χ0n) is 13.5. The van der Waals surface area contributed by atoms with Crippen LogP contribution in [-0.2, 0) is 13.1 Å². The van der Waals surface area contributed by atoms with Crippen LogP contribution in [-0.4, -0.2) is 63.5 Å². The van der Waals surface area contributed by atoms with Crippen molar-refractivity contribution in [3.8, 4) is 0 Å². The molecule has 1 saturated heterocycles. The van der Waals surface area contributed by atoms with E-state index in [9.17, 15) is 5.11 Å². The Balaban J connectivity index is 1.47. The summed E-state index contributed by atoms with van der Waals surface area (Å²) in [7, 11) is 0. The van der Waals surface area contributed by atoms with Crippen LogP contribution in [0.1, 0.15) is 18.4 Å². The number of aryl methyl sites for hydroxylation is 1. The summed E-state index contributed by atoms with van der Waals surface area (Å²) in [5, 5.41) is 18.0. The summed E-state index contributed by atoms with van der Waals surface area (Å²) in [6.07, 6.45) is 5.84. The highest BCUT2D eigenvalue weighted by atomic mass is 32.1. The first-order valence-electron chi connectivity index (χ1n) is 8.41. The number of aromatic nitrogens is 2. The first-order valence-corrected chi connectivity index (χ1v) is 9.35. The average Bonchev–Trinajstić information content (AvgIpc) is 3.24. The predicted molar refractivity (Wildman–Crippen MR) is 93.5 cm³/mol. The third kappa shape index (κ3) is 4.88. The van der Waals surface area contributed by atoms with E-state index in [1.807, 2.05) is 23.1 Å². The van der Waals surface area contributed by atoms with Gasteiger partial charge in [-0.15, -0.1) is 0 Å². The Hall–Kier alpha value is -1.21. The molecule has 2 aromatic rings. The molecule has 3 heterocycles. The van der Waals surface area contributed by atoms with Gasteiger partial charge in [0, 0.05) is 64.3 Å². The van der Waals surface area contributed by atoms with Gasteiger partial charge in [0.05, 0.1) is 0 Å². The Morgan fingerprint density at radius 1 is 1.30 bits per heavy atom. The molecule has 0 aromatic carbocycles. The third-order valence-electron chi connectivity index (χ3n) is 4.54. The van der Waals surface area contributed by atoms with Crippen molar-refractivity contribution in [3.05, 3.63) is 40.8 Å². The van der Waals surface area contributed by atoms with Crippen LogP contribution in [0.15, 0.2) is 35.3 Å². The van der Waals surface area contributed by atoms with Crippen LogP contribution in [0.4, 0.5) is 0 Å². The first-order chi connectivity index (χ1) is 11.3. The number of hydrogen-bond donors (Lipinski definition) is 1. The van der Waals surface area contributed by atoms with E-state index in [-0.39, 0.29) is 6.61 Å². The molecular formula is C17H26N4OS. The topological polar surface area (TPSA) is 44.5 Å². The first kappa shape index (κ1) is 16.6. The number of hydrogen-bond acceptors (Lipinski definition) is 5. The van der Waals surface area contributed by atoms with Gasteiger partial charge in [0.25, 0.3) is 0 Å². The number of aliphatic hydroxyl groups excluding tert-OH is 1. The minimum absolute atomic E-state index is 0.270. The van der Waals surface area contributed by atoms with Gasteiger partial charge in [0.1, 0.15) is 0 Å². The molecule has 0 radical (unpaired) electrons. The summed E-state index contributed by atoms with van der Waals surface area (Å²) in [5.41, 5.74) is 1.39. The maximum absolute atomic E-state index is 9.39. The van der Waals surface area contributed by atoms with Gasteiger partial charge in [0.2, 0.25) is 0 Å². The van der Waals surface area contributed by atoms with Crippen LogP contribution in [0.5, 0.6) is 0 Å². The van der Waals surface area contributed by atoms with Crippen molar-refractivity contribution < 1.29 is 5.11 Å². The van der Waals surface area contributed by atoms with E-state index in [2.05, 4.69) is 31.7 Å². The molecule has 0 amide bonds. The smallest absolute Gasteiger partial charge is 0.0489 e. The minimum Gasteiger partial charge on any atom is -0.396 e. The largest absolute Gasteiger partial charge is 0.396 e. The molecule has 0 aliphatic carbocycles. The molecule has 2 aromatic heterocycles. The summed E-state index contributed by atoms with van der Waals surface area (Å²) < 4.78 is 2.00. The monoisotopic (exact) mass is 334 g/mol. The summed E-state index contributed by atoms with van der Waals surface area (Å²) in [6, 6.07) is 4.64. The number of aliphatic hydroxyl groups is 1. The van der Waals surface area contributed by atoms with Gasteiger partial charge in [-0.3, -0.25) is 9.58 Å². The van der Waals surface area contributed by atoms with E-state index < -0.39 is 0 Å². The van der Waals surface area contributed by atoms with Gasteiger partial charge in [-0.2, -0.15) is 16.4 Å². The molecule has 1 N–H and O–H groups in total. The number of rotatable bonds is 8. The van der Waals surface area contributed by atoms with Crippen molar-refractivity contribution >= 4 is 11.3 Å². The van der Waals surface area contributed by atoms with Crippen molar-refractivity contribution in [1.29, 1.82) is 0 Å². The van der Waals surface area contributed by atoms with Crippen LogP contribution in [0, 0.1) is 0 Å². The highest BCUT2D eigenvalue weighted by Gasteiger charge is 2.26. The lowest BCUT2D eigenvalue weighted by Crippen LogP contribution is -2.53. The lowest BCUT2D eigenvalue weighted by Gasteiger charge is -2.41. The van der Waals surface area contributed by atoms with Crippen LogP contribution in [0.2, 0.25) is 0 Å². The highest BCUT2D eigenvalue weighted by Crippen LogP contribution is 2.18. The van der Waals surface area contributed by atoms with Crippen LogP contribution in [0.25, 0.3) is 0 Å². The number of nitrogens with zero attached hydrogens (tertiary/aromatic N) is 4. The Morgan fingerprint density at radius 2 is 2.26 bits per heavy atom. The molecule has 5 nitrogen and oxygen atoms in total. The molecule has 23 heavy (non-hydrogen) atoms. The van der Waals surface area contributed by atoms with Gasteiger partial charge < -0.3 is 10.0 Å². The molecule has 126 valence electrons. The van der Waals surface area contributed by atoms with Gasteiger partial charge in [-0.05, 0) is 41.3 Å². The average molecular weight is 334 g/mol. The standard InChI is InChI=1S/C17H26N4OS/c22-11-3-17-14-19(6-2-8-21-7-1-5-18-21)9-10-20(17)13-16-4-12-23-15-16/h1,4-5,7,12,15,17,22H,2-3,6,8-11,13-14H2/t17-/m1/s1. The Kier molecular flexibility index (Phi) is 6.21. The zero-order chi connectivity index (χ0) is 15.9. The van der Waals surface area contributed by atoms with E-state index in [4.69, 9.17) is 0 Å². The van der Waals surface area contributed by atoms with Crippen LogP contribution >= 0.6 is 11.3 Å². The quantitative estimate of drug-likeness (QED) is 0.801. The molecule has 3 rings (SSSR count). The van der Waals surface area contributed by atoms with Crippen molar-refractivity contribution in [2.24, 2.45) is 0 Å². The van der Waals surface area contributed by atoms with E-state index >= 15 is 0 Å². The van der Waals surface area contributed by atoms with Crippen molar-refractivity contribution in [3.63, 3.8) is 0 Å². The zero-order valence-corrected chi connectivity index (χ0v) is 14.4. The molecule has 1 fully saturated rings. The minimum atomic E-state index is 0.270. The van der Waals surface area contributed by atoms with Crippen LogP contribution in [0.3, 0.4) is 0 Å². The molecule has 1 aliphatic heterocycles. The maximum atomic E-state index is 9.39. The van der Waals surface area contributed by atoms with Crippen molar-refractivity contribution in [2.75, 3.05) is 32.8 Å². The van der Waals surface area contributed by atoms with E-state index in [1.54, 1.807) is 11.3 Å². The van der Waals surface area contributed by atoms with Gasteiger partial charge in [0.15, 0.2) is 0 Å². The predicted octanol–water partition coefficient (Wildman–Crippen LogP) is 1.90. The maximum Gasteiger partial charge on any atom is 0.0489 e. The van der Waals surface area contributed by atoms with Gasteiger partial charge >= 0.3 is 0 Å². The van der Waals surface area contributed by atoms with E-state index in [0.29, 0.717) is 6.04 Å². The van der Waals surface area contributed by atoms with Gasteiger partial charge in [-0.1, -0.05) is 0 Å². The van der Waals surface area contributed by atoms with Crippen molar-refractivity contribution in [1.82, 2.24) is 19.6 Å². The second-order valence-electron chi connectivity index (χ2n) is 6.19. The molecule has 1 aliphatic rings.